The molecule has 5 nitrogen and oxygen atoms in total. The van der Waals surface area contributed by atoms with Crippen molar-refractivity contribution in [3.63, 3.8) is 0 Å². The molecule has 2 aromatic rings. The third-order valence-corrected chi connectivity index (χ3v) is 12.3. The Morgan fingerprint density at radius 2 is 1.50 bits per heavy atom. The van der Waals surface area contributed by atoms with E-state index >= 15 is 0 Å². The van der Waals surface area contributed by atoms with Crippen LogP contribution in [0.1, 0.15) is 55.2 Å². The van der Waals surface area contributed by atoms with Gasteiger partial charge in [-0.1, -0.05) is 18.2 Å². The molecule has 5 rings (SSSR count). The zero-order chi connectivity index (χ0) is 30.9. The number of sulfone groups is 1. The van der Waals surface area contributed by atoms with Crippen LogP contribution in [-0.4, -0.2) is 55.4 Å². The molecule has 1 amide bonds. The van der Waals surface area contributed by atoms with Crippen molar-refractivity contribution in [1.82, 2.24) is 4.90 Å². The normalized spacial score (nSPS) is 27.0. The molecule has 2 fully saturated rings. The number of nitrogens with zero attached hydrogens (tertiary/aromatic N) is 1. The lowest BCUT2D eigenvalue weighted by Crippen LogP contribution is -2.53. The third-order valence-electron chi connectivity index (χ3n) is 9.00. The smallest absolute Gasteiger partial charge is 0.393 e. The quantitative estimate of drug-likeness (QED) is 0.294. The van der Waals surface area contributed by atoms with Crippen molar-refractivity contribution in [2.45, 2.75) is 84.8 Å². The van der Waals surface area contributed by atoms with Gasteiger partial charge in [0.15, 0.2) is 9.84 Å². The summed E-state index contributed by atoms with van der Waals surface area (Å²) < 4.78 is 124. The molecule has 2 atom stereocenters. The second-order valence-electron chi connectivity index (χ2n) is 11.2. The first kappa shape index (κ1) is 31.5. The van der Waals surface area contributed by atoms with Gasteiger partial charge in [0.05, 0.1) is 17.0 Å². The maximum Gasteiger partial charge on any atom is 0.435 e. The van der Waals surface area contributed by atoms with Crippen molar-refractivity contribution in [3.8, 4) is 0 Å². The first-order valence-corrected chi connectivity index (χ1v) is 16.0. The van der Waals surface area contributed by atoms with Gasteiger partial charge in [0.2, 0.25) is 5.91 Å². The predicted molar refractivity (Wildman–Crippen MR) is 146 cm³/mol. The second-order valence-corrected chi connectivity index (χ2v) is 14.7. The van der Waals surface area contributed by atoms with Gasteiger partial charge in [-0.05, 0) is 103 Å². The number of likely N-dealkylation sites (tertiary alicyclic amines) is 1. The lowest BCUT2D eigenvalue weighted by atomic mass is 9.76. The van der Waals surface area contributed by atoms with E-state index in [1.165, 1.54) is 17.0 Å². The van der Waals surface area contributed by atoms with Gasteiger partial charge in [0.25, 0.3) is 0 Å². The highest BCUT2D eigenvalue weighted by atomic mass is 127. The first-order valence-electron chi connectivity index (χ1n) is 13.4. The number of rotatable bonds is 4. The van der Waals surface area contributed by atoms with Crippen LogP contribution >= 0.6 is 22.6 Å². The topological polar surface area (TPSA) is 74.7 Å². The molecule has 1 saturated carbocycles. The number of amides is 1. The fraction of sp³-hybridized carbons (Fsp3) is 0.536. The van der Waals surface area contributed by atoms with Crippen molar-refractivity contribution < 1.29 is 49.1 Å². The van der Waals surface area contributed by atoms with Crippen LogP contribution < -0.4 is 0 Å². The van der Waals surface area contributed by atoms with Crippen LogP contribution in [0, 0.1) is 9.49 Å². The number of halogens is 8. The molecular weight excluding hydrogens is 706 g/mol. The summed E-state index contributed by atoms with van der Waals surface area (Å²) in [6, 6.07) is 6.61. The van der Waals surface area contributed by atoms with Crippen LogP contribution in [0.25, 0.3) is 0 Å². The first-order chi connectivity index (χ1) is 19.4. The van der Waals surface area contributed by atoms with Crippen molar-refractivity contribution in [1.29, 1.82) is 0 Å². The van der Waals surface area contributed by atoms with Gasteiger partial charge in [-0.3, -0.25) is 4.79 Å². The van der Waals surface area contributed by atoms with Gasteiger partial charge in [-0.2, -0.15) is 26.3 Å². The molecule has 230 valence electrons. The van der Waals surface area contributed by atoms with E-state index in [4.69, 9.17) is 0 Å². The highest BCUT2D eigenvalue weighted by Crippen LogP contribution is 2.57. The number of alkyl halides is 7. The Morgan fingerprint density at radius 1 is 0.905 bits per heavy atom. The van der Waals surface area contributed by atoms with Crippen LogP contribution in [0.3, 0.4) is 0 Å². The molecule has 0 spiro atoms. The van der Waals surface area contributed by atoms with Crippen LogP contribution in [0.5, 0.6) is 0 Å². The van der Waals surface area contributed by atoms with Gasteiger partial charge in [0.1, 0.15) is 4.75 Å². The number of hydrogen-bond acceptors (Lipinski definition) is 4. The highest BCUT2D eigenvalue weighted by molar-refractivity contribution is 14.1. The molecule has 0 bridgehead atoms. The van der Waals surface area contributed by atoms with Crippen LogP contribution in [0.2, 0.25) is 0 Å². The number of aliphatic hydroxyl groups excluding tert-OH is 1. The minimum absolute atomic E-state index is 0.00545. The summed E-state index contributed by atoms with van der Waals surface area (Å²) in [5, 5.41) is 9.87. The summed E-state index contributed by atoms with van der Waals surface area (Å²) in [6.07, 6.45) is -11.9. The maximum absolute atomic E-state index is 15.0. The van der Waals surface area contributed by atoms with Crippen molar-refractivity contribution in [2.75, 3.05) is 6.54 Å². The van der Waals surface area contributed by atoms with E-state index in [9.17, 15) is 49.1 Å². The molecular formula is C28H27F7INO4S. The van der Waals surface area contributed by atoms with Gasteiger partial charge in [0, 0.05) is 21.6 Å². The molecule has 1 N–H and O–H groups in total. The predicted octanol–water partition coefficient (Wildman–Crippen LogP) is 6.35. The van der Waals surface area contributed by atoms with Crippen molar-refractivity contribution in [3.05, 3.63) is 62.7 Å². The highest BCUT2D eigenvalue weighted by Gasteiger charge is 2.74. The Labute approximate surface area is 251 Å². The number of benzene rings is 2. The Bertz CT molecular complexity index is 1460. The summed E-state index contributed by atoms with van der Waals surface area (Å²) in [6.45, 7) is 0.00545. The van der Waals surface area contributed by atoms with Gasteiger partial charge >= 0.3 is 18.0 Å². The largest absolute Gasteiger partial charge is 0.435 e. The zero-order valence-corrected chi connectivity index (χ0v) is 25.0. The number of fused-ring (bicyclic) bond motifs is 3. The molecule has 14 heteroatoms. The minimum atomic E-state index is -6.31. The zero-order valence-electron chi connectivity index (χ0n) is 22.0. The van der Waals surface area contributed by atoms with E-state index < -0.39 is 56.2 Å². The summed E-state index contributed by atoms with van der Waals surface area (Å²) in [5.41, 5.74) is -7.49. The molecule has 1 aliphatic heterocycles. The van der Waals surface area contributed by atoms with E-state index in [2.05, 4.69) is 0 Å². The number of hydrogen-bond donors (Lipinski definition) is 1. The molecule has 42 heavy (non-hydrogen) atoms. The lowest BCUT2D eigenvalue weighted by Gasteiger charge is -2.44. The van der Waals surface area contributed by atoms with Crippen LogP contribution in [0.4, 0.5) is 30.7 Å². The Kier molecular flexibility index (Phi) is 7.95. The lowest BCUT2D eigenvalue weighted by molar-refractivity contribution is -0.348. The number of carbonyl (C=O) groups is 1. The van der Waals surface area contributed by atoms with Crippen molar-refractivity contribution in [2.24, 2.45) is 5.92 Å². The standard InChI is InChI=1S/C28H27F7INO4S/c29-26(27(30,31)32,28(33,34)35)18-4-11-22-17(15-18)3-12-23-25(22,42(40,41)21-9-5-19(36)6-10-21)13-14-37(23)24(39)16-1-7-20(38)8-2-16/h4-6,9-11,15-16,20,23,38H,1-3,7-8,12-14H2/t16-,20-,23-,25-/m1/s1. The van der Waals surface area contributed by atoms with E-state index in [0.717, 1.165) is 9.64 Å². The average molecular weight is 733 g/mol. The van der Waals surface area contributed by atoms with Crippen molar-refractivity contribution >= 4 is 38.3 Å². The molecule has 0 radical (unpaired) electrons. The van der Waals surface area contributed by atoms with Crippen LogP contribution in [-0.2, 0) is 31.5 Å². The third kappa shape index (κ3) is 4.74. The average Bonchev–Trinajstić information content (AvgIpc) is 3.33. The Morgan fingerprint density at radius 3 is 2.07 bits per heavy atom. The van der Waals surface area contributed by atoms with Gasteiger partial charge in [-0.15, -0.1) is 0 Å². The fourth-order valence-electron chi connectivity index (χ4n) is 6.88. The fourth-order valence-corrected chi connectivity index (χ4v) is 9.60. The molecule has 2 aliphatic carbocycles. The summed E-state index contributed by atoms with van der Waals surface area (Å²) in [4.78, 5) is 15.1. The minimum Gasteiger partial charge on any atom is -0.393 e. The van der Waals surface area contributed by atoms with Gasteiger partial charge in [-0.25, -0.2) is 12.8 Å². The molecule has 0 aromatic heterocycles. The molecule has 3 aliphatic rings. The summed E-state index contributed by atoms with van der Waals surface area (Å²) >= 11 is 1.99. The molecule has 1 heterocycles. The maximum atomic E-state index is 15.0. The Balaban J connectivity index is 1.66. The van der Waals surface area contributed by atoms with Crippen LogP contribution in [0.15, 0.2) is 47.4 Å². The summed E-state index contributed by atoms with van der Waals surface area (Å²) in [7, 11) is -4.38. The van der Waals surface area contributed by atoms with E-state index in [1.54, 1.807) is 12.1 Å². The molecule has 0 unspecified atom stereocenters. The number of carbonyl (C=O) groups excluding carboxylic acids is 1. The summed E-state index contributed by atoms with van der Waals surface area (Å²) in [5.74, 6) is -0.733. The monoisotopic (exact) mass is 733 g/mol. The SMILES string of the molecule is O=C([C@H]1CC[C@H](O)CC1)N1CC[C@@]2(S(=O)(=O)c3ccc(I)cc3)c3ccc(C(F)(C(F)(F)F)C(F)(F)F)cc3CC[C@@H]12. The van der Waals surface area contributed by atoms with E-state index in [0.29, 0.717) is 37.8 Å². The molecule has 1 saturated heterocycles. The molecule has 2 aromatic carbocycles. The van der Waals surface area contributed by atoms with E-state index in [-0.39, 0.29) is 47.7 Å². The number of aryl methyl sites for hydroxylation is 1. The number of aliphatic hydroxyl groups is 1. The van der Waals surface area contributed by atoms with E-state index in [1.807, 2.05) is 22.6 Å². The van der Waals surface area contributed by atoms with Gasteiger partial charge < -0.3 is 10.0 Å². The second kappa shape index (κ2) is 10.6. The Hall–Kier alpha value is -1.94.